The topological polar surface area (TPSA) is 112 Å². The number of phenols is 1. The number of aromatic hydroxyl groups is 1. The number of benzene rings is 1. The molecule has 1 saturated heterocycles. The molecule has 1 aromatic carbocycles. The van der Waals surface area contributed by atoms with Crippen LogP contribution in [0.2, 0.25) is 0 Å². The van der Waals surface area contributed by atoms with Crippen LogP contribution in [0.4, 0.5) is 5.82 Å². The first-order valence-corrected chi connectivity index (χ1v) is 11.0. The quantitative estimate of drug-likeness (QED) is 0.551. The summed E-state index contributed by atoms with van der Waals surface area (Å²) in [6.07, 6.45) is 0.838. The van der Waals surface area contributed by atoms with Crippen LogP contribution in [0.25, 0.3) is 0 Å². The van der Waals surface area contributed by atoms with Crippen LogP contribution in [-0.2, 0) is 11.3 Å². The first-order chi connectivity index (χ1) is 15.3. The van der Waals surface area contributed by atoms with E-state index in [-0.39, 0.29) is 41.8 Å². The number of carbonyl (C=O) groups excluding carboxylic acids is 1. The molecule has 2 aliphatic rings. The first kappa shape index (κ1) is 21.9. The molecule has 0 radical (unpaired) electrons. The van der Waals surface area contributed by atoms with Crippen LogP contribution >= 0.6 is 0 Å². The van der Waals surface area contributed by atoms with Gasteiger partial charge in [-0.3, -0.25) is 9.59 Å². The first-order valence-electron chi connectivity index (χ1n) is 11.0. The molecule has 0 spiro atoms. The molecule has 2 aromatic rings. The van der Waals surface area contributed by atoms with E-state index in [9.17, 15) is 19.8 Å². The normalized spacial score (nSPS) is 21.3. The van der Waals surface area contributed by atoms with Gasteiger partial charge in [0, 0.05) is 19.6 Å². The van der Waals surface area contributed by atoms with Gasteiger partial charge in [-0.15, -0.1) is 0 Å². The van der Waals surface area contributed by atoms with Gasteiger partial charge in [0.2, 0.25) is 5.88 Å². The Bertz CT molecular complexity index is 997. The van der Waals surface area contributed by atoms with E-state index in [1.165, 1.54) is 0 Å². The van der Waals surface area contributed by atoms with Crippen molar-refractivity contribution in [2.24, 2.45) is 23.7 Å². The van der Waals surface area contributed by atoms with Gasteiger partial charge in [-0.1, -0.05) is 26.0 Å². The maximum Gasteiger partial charge on any atom is 0.307 e. The maximum absolute atomic E-state index is 12.9. The second kappa shape index (κ2) is 9.06. The third kappa shape index (κ3) is 4.79. The number of piperidine rings is 1. The SMILES string of the molecule is CC(C)CCOc1nc(N2C[C@@H]3C(C(=O)O)[C@@H]3C2)ccc1C(=O)NCc1cccc(O)c1. The molecule has 4 rings (SSSR count). The molecule has 1 amide bonds. The van der Waals surface area contributed by atoms with Gasteiger partial charge >= 0.3 is 5.97 Å². The predicted molar refractivity (Wildman–Crippen MR) is 119 cm³/mol. The molecule has 2 heterocycles. The molecule has 8 heteroatoms. The van der Waals surface area contributed by atoms with Crippen molar-refractivity contribution in [3.05, 3.63) is 47.5 Å². The minimum Gasteiger partial charge on any atom is -0.508 e. The van der Waals surface area contributed by atoms with E-state index in [4.69, 9.17) is 4.74 Å². The lowest BCUT2D eigenvalue weighted by molar-refractivity contribution is -0.139. The van der Waals surface area contributed by atoms with Crippen LogP contribution in [0.15, 0.2) is 36.4 Å². The molecule has 3 N–H and O–H groups in total. The van der Waals surface area contributed by atoms with Crippen LogP contribution in [0, 0.1) is 23.7 Å². The lowest BCUT2D eigenvalue weighted by Crippen LogP contribution is -2.28. The van der Waals surface area contributed by atoms with E-state index in [2.05, 4.69) is 29.0 Å². The summed E-state index contributed by atoms with van der Waals surface area (Å²) in [5.41, 5.74) is 1.14. The Morgan fingerprint density at radius 1 is 1.22 bits per heavy atom. The fourth-order valence-corrected chi connectivity index (χ4v) is 4.30. The Labute approximate surface area is 187 Å². The number of carbonyl (C=O) groups is 2. The van der Waals surface area contributed by atoms with Crippen molar-refractivity contribution in [2.45, 2.75) is 26.8 Å². The van der Waals surface area contributed by atoms with Gasteiger partial charge < -0.3 is 25.2 Å². The Morgan fingerprint density at radius 3 is 2.62 bits per heavy atom. The summed E-state index contributed by atoms with van der Waals surface area (Å²) < 4.78 is 5.91. The van der Waals surface area contributed by atoms with Gasteiger partial charge in [0.05, 0.1) is 12.5 Å². The van der Waals surface area contributed by atoms with E-state index >= 15 is 0 Å². The highest BCUT2D eigenvalue weighted by molar-refractivity contribution is 5.96. The molecule has 32 heavy (non-hydrogen) atoms. The van der Waals surface area contributed by atoms with Crippen molar-refractivity contribution in [1.82, 2.24) is 10.3 Å². The zero-order valence-corrected chi connectivity index (χ0v) is 18.3. The van der Waals surface area contributed by atoms with Crippen molar-refractivity contribution in [3.63, 3.8) is 0 Å². The molecule has 1 aliphatic carbocycles. The summed E-state index contributed by atoms with van der Waals surface area (Å²) in [6, 6.07) is 10.2. The highest BCUT2D eigenvalue weighted by Crippen LogP contribution is 2.52. The summed E-state index contributed by atoms with van der Waals surface area (Å²) in [6.45, 7) is 6.24. The van der Waals surface area contributed by atoms with Gasteiger partial charge in [0.25, 0.3) is 5.91 Å². The minimum absolute atomic E-state index is 0.147. The fourth-order valence-electron chi connectivity index (χ4n) is 4.30. The van der Waals surface area contributed by atoms with Crippen LogP contribution in [0.1, 0.15) is 36.2 Å². The fraction of sp³-hybridized carbons (Fsp3) is 0.458. The van der Waals surface area contributed by atoms with Gasteiger partial charge in [-0.25, -0.2) is 0 Å². The number of phenolic OH excluding ortho intramolecular Hbond substituents is 1. The van der Waals surface area contributed by atoms with Crippen molar-refractivity contribution in [1.29, 1.82) is 0 Å². The lowest BCUT2D eigenvalue weighted by Gasteiger charge is -2.22. The molecule has 1 aromatic heterocycles. The number of nitrogens with zero attached hydrogens (tertiary/aromatic N) is 2. The van der Waals surface area contributed by atoms with Gasteiger partial charge in [0.1, 0.15) is 17.1 Å². The third-order valence-corrected chi connectivity index (χ3v) is 6.19. The maximum atomic E-state index is 12.9. The molecular formula is C24H29N3O5. The number of hydrogen-bond donors (Lipinski definition) is 3. The number of carboxylic acid groups (broad SMARTS) is 1. The molecule has 1 unspecified atom stereocenters. The molecular weight excluding hydrogens is 410 g/mol. The van der Waals surface area contributed by atoms with Crippen molar-refractivity contribution >= 4 is 17.7 Å². The molecule has 170 valence electrons. The summed E-state index contributed by atoms with van der Waals surface area (Å²) in [5, 5.41) is 21.7. The number of pyridine rings is 1. The van der Waals surface area contributed by atoms with Gasteiger partial charge in [-0.05, 0) is 54.0 Å². The van der Waals surface area contributed by atoms with Crippen LogP contribution in [0.5, 0.6) is 11.6 Å². The van der Waals surface area contributed by atoms with E-state index in [1.807, 2.05) is 6.07 Å². The Balaban J connectivity index is 1.47. The number of anilines is 1. The van der Waals surface area contributed by atoms with Crippen LogP contribution < -0.4 is 15.0 Å². The molecule has 1 aliphatic heterocycles. The average Bonchev–Trinajstić information content (AvgIpc) is 3.26. The monoisotopic (exact) mass is 439 g/mol. The lowest BCUT2D eigenvalue weighted by atomic mass is 10.1. The highest BCUT2D eigenvalue weighted by atomic mass is 16.5. The number of aromatic nitrogens is 1. The number of rotatable bonds is 9. The Hall–Kier alpha value is -3.29. The van der Waals surface area contributed by atoms with Crippen molar-refractivity contribution < 1.29 is 24.5 Å². The van der Waals surface area contributed by atoms with Crippen molar-refractivity contribution in [2.75, 3.05) is 24.6 Å². The number of amides is 1. The predicted octanol–water partition coefficient (Wildman–Crippen LogP) is 2.91. The van der Waals surface area contributed by atoms with Crippen molar-refractivity contribution in [3.8, 4) is 11.6 Å². The molecule has 8 nitrogen and oxygen atoms in total. The van der Waals surface area contributed by atoms with Gasteiger partial charge in [0.15, 0.2) is 0 Å². The van der Waals surface area contributed by atoms with E-state index in [0.29, 0.717) is 37.0 Å². The summed E-state index contributed by atoms with van der Waals surface area (Å²) in [7, 11) is 0. The van der Waals surface area contributed by atoms with E-state index in [0.717, 1.165) is 12.0 Å². The van der Waals surface area contributed by atoms with Gasteiger partial charge in [-0.2, -0.15) is 4.98 Å². The number of aliphatic carboxylic acids is 1. The largest absolute Gasteiger partial charge is 0.508 e. The summed E-state index contributed by atoms with van der Waals surface area (Å²) in [5.74, 6) is 0.669. The smallest absolute Gasteiger partial charge is 0.307 e. The molecule has 1 saturated carbocycles. The summed E-state index contributed by atoms with van der Waals surface area (Å²) >= 11 is 0. The standard InChI is InChI=1S/C24H29N3O5/c1-14(2)8-9-32-23-17(22(29)25-11-15-4-3-5-16(28)10-15)6-7-20(26-23)27-12-18-19(13-27)21(18)24(30)31/h3-7,10,14,18-19,21,28H,8-9,11-13H2,1-2H3,(H,25,29)(H,30,31)/t18-,19+,21?. The second-order valence-electron chi connectivity index (χ2n) is 9.00. The number of fused-ring (bicyclic) bond motifs is 1. The van der Waals surface area contributed by atoms with Crippen LogP contribution in [0.3, 0.4) is 0 Å². The minimum atomic E-state index is -0.718. The third-order valence-electron chi connectivity index (χ3n) is 6.19. The number of hydrogen-bond acceptors (Lipinski definition) is 6. The average molecular weight is 440 g/mol. The van der Waals surface area contributed by atoms with Crippen LogP contribution in [-0.4, -0.2) is 46.8 Å². The summed E-state index contributed by atoms with van der Waals surface area (Å²) in [4.78, 5) is 30.8. The number of carboxylic acids is 1. The Morgan fingerprint density at radius 2 is 1.97 bits per heavy atom. The Kier molecular flexibility index (Phi) is 6.21. The second-order valence-corrected chi connectivity index (χ2v) is 9.00. The highest BCUT2D eigenvalue weighted by Gasteiger charge is 2.60. The van der Waals surface area contributed by atoms with E-state index < -0.39 is 5.97 Å². The van der Waals surface area contributed by atoms with E-state index in [1.54, 1.807) is 30.3 Å². The zero-order chi connectivity index (χ0) is 22.8. The molecule has 3 atom stereocenters. The zero-order valence-electron chi connectivity index (χ0n) is 18.3. The molecule has 0 bridgehead atoms. The molecule has 2 fully saturated rings. The number of ether oxygens (including phenoxy) is 1. The number of nitrogens with one attached hydrogen (secondary N) is 1.